The summed E-state index contributed by atoms with van der Waals surface area (Å²) in [5.74, 6) is -1.27. The average molecular weight is 274 g/mol. The van der Waals surface area contributed by atoms with E-state index in [2.05, 4.69) is 20.5 Å². The number of carboxylic acid groups (broad SMARTS) is 1. The number of amides is 1. The Kier molecular flexibility index (Phi) is 4.09. The first kappa shape index (κ1) is 13.7. The van der Waals surface area contributed by atoms with Gasteiger partial charge in [-0.1, -0.05) is 37.3 Å². The van der Waals surface area contributed by atoms with Crippen molar-refractivity contribution in [3.8, 4) is 0 Å². The van der Waals surface area contributed by atoms with Crippen molar-refractivity contribution in [3.63, 3.8) is 0 Å². The minimum atomic E-state index is -1.14. The van der Waals surface area contributed by atoms with Crippen LogP contribution in [0.3, 0.4) is 0 Å². The molecule has 1 atom stereocenters. The van der Waals surface area contributed by atoms with E-state index >= 15 is 0 Å². The van der Waals surface area contributed by atoms with Crippen molar-refractivity contribution < 1.29 is 14.7 Å². The van der Waals surface area contributed by atoms with Gasteiger partial charge in [0.15, 0.2) is 6.04 Å². The lowest BCUT2D eigenvalue weighted by atomic mass is 10.1. The van der Waals surface area contributed by atoms with Crippen molar-refractivity contribution in [3.05, 3.63) is 47.5 Å². The molecule has 0 unspecified atom stereocenters. The minimum absolute atomic E-state index is 0.0657. The number of carboxylic acids is 1. The monoisotopic (exact) mass is 274 g/mol. The summed E-state index contributed by atoms with van der Waals surface area (Å²) in [6.45, 7) is 1.87. The van der Waals surface area contributed by atoms with Crippen molar-refractivity contribution in [1.29, 1.82) is 0 Å². The molecule has 2 rings (SSSR count). The molecule has 0 bridgehead atoms. The second-order valence-corrected chi connectivity index (χ2v) is 4.11. The van der Waals surface area contributed by atoms with Gasteiger partial charge in [-0.2, -0.15) is 0 Å². The summed E-state index contributed by atoms with van der Waals surface area (Å²) in [5.41, 5.74) is 0.486. The molecule has 0 aliphatic rings. The molecular weight excluding hydrogens is 260 g/mol. The molecule has 7 nitrogen and oxygen atoms in total. The van der Waals surface area contributed by atoms with Crippen molar-refractivity contribution in [2.75, 3.05) is 0 Å². The number of nitrogens with one attached hydrogen (secondary N) is 2. The number of carbonyl (C=O) groups excluding carboxylic acids is 1. The van der Waals surface area contributed by atoms with Gasteiger partial charge in [0.1, 0.15) is 5.82 Å². The van der Waals surface area contributed by atoms with Crippen LogP contribution in [0.2, 0.25) is 0 Å². The summed E-state index contributed by atoms with van der Waals surface area (Å²) in [6, 6.07) is 7.32. The molecule has 3 N–H and O–H groups in total. The first-order valence-corrected chi connectivity index (χ1v) is 6.11. The minimum Gasteiger partial charge on any atom is -0.479 e. The Morgan fingerprint density at radius 3 is 2.60 bits per heavy atom. The van der Waals surface area contributed by atoms with Gasteiger partial charge in [-0.15, -0.1) is 5.10 Å². The number of H-pyrrole nitrogens is 1. The standard InChI is InChI=1S/C13H14N4O3/c1-2-9-14-11(17-16-9)12(18)15-10(13(19)20)8-6-4-3-5-7-8/h3-7,10H,2H2,1H3,(H,15,18)(H,19,20)(H,14,16,17)/t10-/m0/s1. The molecule has 0 saturated heterocycles. The molecule has 0 fully saturated rings. The largest absolute Gasteiger partial charge is 0.479 e. The van der Waals surface area contributed by atoms with Crippen molar-refractivity contribution in [2.24, 2.45) is 0 Å². The molecule has 0 aliphatic carbocycles. The van der Waals surface area contributed by atoms with Gasteiger partial charge in [-0.05, 0) is 5.56 Å². The van der Waals surface area contributed by atoms with Gasteiger partial charge in [-0.25, -0.2) is 9.78 Å². The van der Waals surface area contributed by atoms with Gasteiger partial charge in [0, 0.05) is 6.42 Å². The molecule has 7 heteroatoms. The molecule has 0 saturated carbocycles. The maximum atomic E-state index is 11.9. The van der Waals surface area contributed by atoms with E-state index in [1.165, 1.54) is 0 Å². The van der Waals surface area contributed by atoms with Crippen LogP contribution >= 0.6 is 0 Å². The first-order valence-electron chi connectivity index (χ1n) is 6.11. The summed E-state index contributed by atoms with van der Waals surface area (Å²) >= 11 is 0. The Bertz CT molecular complexity index is 609. The molecule has 0 aliphatic heterocycles. The predicted molar refractivity (Wildman–Crippen MR) is 70.0 cm³/mol. The maximum Gasteiger partial charge on any atom is 0.330 e. The zero-order chi connectivity index (χ0) is 14.5. The fourth-order valence-corrected chi connectivity index (χ4v) is 1.68. The molecule has 0 radical (unpaired) electrons. The number of rotatable bonds is 5. The second-order valence-electron chi connectivity index (χ2n) is 4.11. The summed E-state index contributed by atoms with van der Waals surface area (Å²) in [4.78, 5) is 27.2. The molecule has 1 aromatic carbocycles. The molecule has 1 amide bonds. The zero-order valence-electron chi connectivity index (χ0n) is 10.8. The molecule has 1 heterocycles. The van der Waals surface area contributed by atoms with Crippen molar-refractivity contribution >= 4 is 11.9 Å². The van der Waals surface area contributed by atoms with Gasteiger partial charge in [-0.3, -0.25) is 9.89 Å². The lowest BCUT2D eigenvalue weighted by Crippen LogP contribution is -2.34. The zero-order valence-corrected chi connectivity index (χ0v) is 10.8. The average Bonchev–Trinajstić information content (AvgIpc) is 2.94. The number of hydrogen-bond acceptors (Lipinski definition) is 4. The number of aromatic amines is 1. The highest BCUT2D eigenvalue weighted by molar-refractivity contribution is 5.93. The summed E-state index contributed by atoms with van der Waals surface area (Å²) in [5, 5.41) is 18.0. The van der Waals surface area contributed by atoms with Gasteiger partial charge < -0.3 is 10.4 Å². The lowest BCUT2D eigenvalue weighted by Gasteiger charge is -2.13. The smallest absolute Gasteiger partial charge is 0.330 e. The van der Waals surface area contributed by atoms with Crippen molar-refractivity contribution in [1.82, 2.24) is 20.5 Å². The van der Waals surface area contributed by atoms with E-state index in [4.69, 9.17) is 0 Å². The molecule has 2 aromatic rings. The van der Waals surface area contributed by atoms with Crippen LogP contribution < -0.4 is 5.32 Å². The number of benzene rings is 1. The highest BCUT2D eigenvalue weighted by atomic mass is 16.4. The third-order valence-corrected chi connectivity index (χ3v) is 2.72. The normalized spacial score (nSPS) is 11.8. The van der Waals surface area contributed by atoms with Gasteiger partial charge in [0.25, 0.3) is 5.91 Å². The number of aliphatic carboxylic acids is 1. The third-order valence-electron chi connectivity index (χ3n) is 2.72. The van der Waals surface area contributed by atoms with E-state index in [9.17, 15) is 14.7 Å². The van der Waals surface area contributed by atoms with E-state index in [-0.39, 0.29) is 5.82 Å². The molecule has 1 aromatic heterocycles. The molecule has 20 heavy (non-hydrogen) atoms. The lowest BCUT2D eigenvalue weighted by molar-refractivity contribution is -0.139. The Morgan fingerprint density at radius 2 is 2.05 bits per heavy atom. The molecule has 104 valence electrons. The van der Waals surface area contributed by atoms with Crippen LogP contribution in [-0.4, -0.2) is 32.2 Å². The number of hydrogen-bond donors (Lipinski definition) is 3. The van der Waals surface area contributed by atoms with E-state index in [0.717, 1.165) is 0 Å². The predicted octanol–water partition coefficient (Wildman–Crippen LogP) is 0.923. The van der Waals surface area contributed by atoms with E-state index in [1.54, 1.807) is 30.3 Å². The van der Waals surface area contributed by atoms with Crippen LogP contribution in [-0.2, 0) is 11.2 Å². The Hall–Kier alpha value is -2.70. The number of aromatic nitrogens is 3. The van der Waals surface area contributed by atoms with Gasteiger partial charge in [0.2, 0.25) is 5.82 Å². The highest BCUT2D eigenvalue weighted by Crippen LogP contribution is 2.13. The molecular formula is C13H14N4O3. The fourth-order valence-electron chi connectivity index (χ4n) is 1.68. The quantitative estimate of drug-likeness (QED) is 0.751. The summed E-state index contributed by atoms with van der Waals surface area (Å²) < 4.78 is 0. The van der Waals surface area contributed by atoms with E-state index in [1.807, 2.05) is 6.92 Å². The van der Waals surface area contributed by atoms with Crippen molar-refractivity contribution in [2.45, 2.75) is 19.4 Å². The highest BCUT2D eigenvalue weighted by Gasteiger charge is 2.24. The van der Waals surface area contributed by atoms with Crippen LogP contribution in [0.25, 0.3) is 0 Å². The number of aryl methyl sites for hydroxylation is 1. The number of nitrogens with zero attached hydrogens (tertiary/aromatic N) is 2. The van der Waals surface area contributed by atoms with Crippen LogP contribution in [0.4, 0.5) is 0 Å². The fraction of sp³-hybridized carbons (Fsp3) is 0.231. The van der Waals surface area contributed by atoms with Gasteiger partial charge in [0.05, 0.1) is 0 Å². The third kappa shape index (κ3) is 3.00. The summed E-state index contributed by atoms with van der Waals surface area (Å²) in [7, 11) is 0. The number of carbonyl (C=O) groups is 2. The first-order chi connectivity index (χ1) is 9.61. The van der Waals surface area contributed by atoms with Crippen LogP contribution in [0.5, 0.6) is 0 Å². The summed E-state index contributed by atoms with van der Waals surface area (Å²) in [6.07, 6.45) is 0.612. The van der Waals surface area contributed by atoms with Crippen LogP contribution in [0, 0.1) is 0 Å². The van der Waals surface area contributed by atoms with E-state index in [0.29, 0.717) is 17.8 Å². The van der Waals surface area contributed by atoms with Crippen LogP contribution in [0.15, 0.2) is 30.3 Å². The molecule has 0 spiro atoms. The Balaban J connectivity index is 2.16. The maximum absolute atomic E-state index is 11.9. The van der Waals surface area contributed by atoms with Crippen LogP contribution in [0.1, 0.15) is 35.0 Å². The van der Waals surface area contributed by atoms with E-state index < -0.39 is 17.9 Å². The Morgan fingerprint density at radius 1 is 1.35 bits per heavy atom. The topological polar surface area (TPSA) is 108 Å². The Labute approximate surface area is 115 Å². The van der Waals surface area contributed by atoms with Gasteiger partial charge >= 0.3 is 5.97 Å². The second kappa shape index (κ2) is 5.96. The SMILES string of the molecule is CCc1nc(C(=O)N[C@H](C(=O)O)c2ccccc2)n[nH]1.